The number of rotatable bonds is 3. The molecule has 1 aromatic carbocycles. The molecule has 0 radical (unpaired) electrons. The zero-order chi connectivity index (χ0) is 15.9. The quantitative estimate of drug-likeness (QED) is 0.628. The zero-order valence-electron chi connectivity index (χ0n) is 12.5. The van der Waals surface area contributed by atoms with Crippen molar-refractivity contribution in [3.8, 4) is 24.2 Å². The van der Waals surface area contributed by atoms with E-state index >= 15 is 0 Å². The number of hydrogen-bond donors (Lipinski definition) is 0. The summed E-state index contributed by atoms with van der Waals surface area (Å²) in [5, 5.41) is 0. The zero-order valence-corrected chi connectivity index (χ0v) is 12.5. The van der Waals surface area contributed by atoms with Crippen LogP contribution in [-0.4, -0.2) is 36.5 Å². The average molecular weight is 295 g/mol. The number of amides is 1. The van der Waals surface area contributed by atoms with Gasteiger partial charge >= 0.3 is 5.97 Å². The maximum atomic E-state index is 11.8. The van der Waals surface area contributed by atoms with Crippen LogP contribution in [0, 0.1) is 24.2 Å². The molecule has 0 unspecified atom stereocenters. The molecule has 1 atom stereocenters. The minimum Gasteiger partial charge on any atom is -0.467 e. The fraction of sp³-hybridized carbons (Fsp3) is 0.333. The summed E-state index contributed by atoms with van der Waals surface area (Å²) in [6.45, 7) is 0.420. The lowest BCUT2D eigenvalue weighted by molar-refractivity contribution is -0.149. The Morgan fingerprint density at radius 2 is 2.14 bits per heavy atom. The van der Waals surface area contributed by atoms with Crippen molar-refractivity contribution >= 4 is 11.9 Å². The van der Waals surface area contributed by atoms with E-state index in [-0.39, 0.29) is 11.9 Å². The third-order valence-corrected chi connectivity index (χ3v) is 3.58. The molecule has 0 bridgehead atoms. The Kier molecular flexibility index (Phi) is 5.22. The van der Waals surface area contributed by atoms with Crippen LogP contribution in [0.4, 0.5) is 0 Å². The average Bonchev–Trinajstić information content (AvgIpc) is 2.92. The van der Waals surface area contributed by atoms with Crippen LogP contribution in [0.25, 0.3) is 0 Å². The fourth-order valence-electron chi connectivity index (χ4n) is 2.45. The standard InChI is InChI=1S/C18H17NO3/c1-3-14-8-4-5-9-15(14)10-6-7-13-19-16(18(21)22-2)11-12-17(19)20/h1,4-5,8-9,16H,7,11-13H2,2H3/t16-/m0/s1. The van der Waals surface area contributed by atoms with Crippen molar-refractivity contribution in [1.82, 2.24) is 4.90 Å². The molecule has 2 rings (SSSR count). The highest BCUT2D eigenvalue weighted by Crippen LogP contribution is 2.19. The third kappa shape index (κ3) is 3.48. The Morgan fingerprint density at radius 1 is 1.41 bits per heavy atom. The molecule has 1 saturated heterocycles. The molecule has 112 valence electrons. The Bertz CT molecular complexity index is 676. The van der Waals surface area contributed by atoms with Crippen LogP contribution in [0.2, 0.25) is 0 Å². The summed E-state index contributed by atoms with van der Waals surface area (Å²) in [4.78, 5) is 25.0. The third-order valence-electron chi connectivity index (χ3n) is 3.58. The largest absolute Gasteiger partial charge is 0.467 e. The second-order valence-electron chi connectivity index (χ2n) is 4.91. The molecule has 0 N–H and O–H groups in total. The Balaban J connectivity index is 1.99. The molecule has 4 heteroatoms. The van der Waals surface area contributed by atoms with Crippen LogP contribution < -0.4 is 0 Å². The van der Waals surface area contributed by atoms with Gasteiger partial charge in [-0.15, -0.1) is 6.42 Å². The molecule has 0 spiro atoms. The number of terminal acetylenes is 1. The van der Waals surface area contributed by atoms with Gasteiger partial charge in [0, 0.05) is 30.5 Å². The Morgan fingerprint density at radius 3 is 2.82 bits per heavy atom. The van der Waals surface area contributed by atoms with Crippen LogP contribution in [0.5, 0.6) is 0 Å². The lowest BCUT2D eigenvalue weighted by Crippen LogP contribution is -2.39. The fourth-order valence-corrected chi connectivity index (χ4v) is 2.45. The van der Waals surface area contributed by atoms with Crippen LogP contribution in [0.3, 0.4) is 0 Å². The number of carbonyl (C=O) groups is 2. The number of benzene rings is 1. The van der Waals surface area contributed by atoms with Crippen molar-refractivity contribution in [1.29, 1.82) is 0 Å². The summed E-state index contributed by atoms with van der Waals surface area (Å²) in [5.41, 5.74) is 1.54. The number of hydrogen-bond acceptors (Lipinski definition) is 3. The van der Waals surface area contributed by atoms with E-state index in [9.17, 15) is 9.59 Å². The van der Waals surface area contributed by atoms with E-state index in [1.807, 2.05) is 24.3 Å². The number of likely N-dealkylation sites (tertiary alicyclic amines) is 1. The minimum atomic E-state index is -0.475. The molecule has 1 amide bonds. The molecule has 22 heavy (non-hydrogen) atoms. The van der Waals surface area contributed by atoms with Gasteiger partial charge in [-0.25, -0.2) is 4.79 Å². The number of methoxy groups -OCH3 is 1. The summed E-state index contributed by atoms with van der Waals surface area (Å²) >= 11 is 0. The number of ether oxygens (including phenoxy) is 1. The normalized spacial score (nSPS) is 16.6. The number of nitrogens with zero attached hydrogens (tertiary/aromatic N) is 1. The highest BCUT2D eigenvalue weighted by molar-refractivity contribution is 5.88. The van der Waals surface area contributed by atoms with Crippen molar-refractivity contribution in [3.63, 3.8) is 0 Å². The Labute approximate surface area is 130 Å². The van der Waals surface area contributed by atoms with Gasteiger partial charge in [0.15, 0.2) is 0 Å². The highest BCUT2D eigenvalue weighted by atomic mass is 16.5. The maximum absolute atomic E-state index is 11.8. The second kappa shape index (κ2) is 7.33. The van der Waals surface area contributed by atoms with Gasteiger partial charge in [0.25, 0.3) is 0 Å². The van der Waals surface area contributed by atoms with Gasteiger partial charge < -0.3 is 9.64 Å². The van der Waals surface area contributed by atoms with E-state index in [1.165, 1.54) is 7.11 Å². The first-order valence-electron chi connectivity index (χ1n) is 7.09. The summed E-state index contributed by atoms with van der Waals surface area (Å²) in [6, 6.07) is 6.96. The van der Waals surface area contributed by atoms with E-state index in [2.05, 4.69) is 17.8 Å². The van der Waals surface area contributed by atoms with Crippen molar-refractivity contribution in [2.24, 2.45) is 0 Å². The molecule has 1 heterocycles. The van der Waals surface area contributed by atoms with Gasteiger partial charge in [-0.3, -0.25) is 4.79 Å². The highest BCUT2D eigenvalue weighted by Gasteiger charge is 2.36. The van der Waals surface area contributed by atoms with E-state index in [4.69, 9.17) is 11.2 Å². The van der Waals surface area contributed by atoms with Crippen LogP contribution >= 0.6 is 0 Å². The number of esters is 1. The minimum absolute atomic E-state index is 0.0266. The lowest BCUT2D eigenvalue weighted by Gasteiger charge is -2.21. The summed E-state index contributed by atoms with van der Waals surface area (Å²) in [6.07, 6.45) is 6.80. The van der Waals surface area contributed by atoms with Gasteiger partial charge in [-0.2, -0.15) is 0 Å². The van der Waals surface area contributed by atoms with E-state index in [1.54, 1.807) is 4.90 Å². The first-order valence-corrected chi connectivity index (χ1v) is 7.09. The van der Waals surface area contributed by atoms with Crippen molar-refractivity contribution in [2.75, 3.05) is 13.7 Å². The molecule has 1 fully saturated rings. The van der Waals surface area contributed by atoms with Crippen molar-refractivity contribution in [3.05, 3.63) is 35.4 Å². The Hall–Kier alpha value is -2.72. The molecule has 0 aliphatic carbocycles. The second-order valence-corrected chi connectivity index (χ2v) is 4.91. The van der Waals surface area contributed by atoms with Crippen molar-refractivity contribution in [2.45, 2.75) is 25.3 Å². The molecule has 4 nitrogen and oxygen atoms in total. The predicted molar refractivity (Wildman–Crippen MR) is 82.6 cm³/mol. The van der Waals surface area contributed by atoms with Gasteiger partial charge in [0.2, 0.25) is 5.91 Å². The van der Waals surface area contributed by atoms with E-state index < -0.39 is 6.04 Å². The van der Waals surface area contributed by atoms with Gasteiger partial charge in [-0.1, -0.05) is 29.9 Å². The maximum Gasteiger partial charge on any atom is 0.328 e. The molecule has 1 aliphatic heterocycles. The van der Waals surface area contributed by atoms with Gasteiger partial charge in [-0.05, 0) is 18.6 Å². The monoisotopic (exact) mass is 295 g/mol. The lowest BCUT2D eigenvalue weighted by atomic mass is 10.1. The SMILES string of the molecule is C#Cc1ccccc1C#CCCN1C(=O)CC[C@H]1C(=O)OC. The summed E-state index contributed by atoms with van der Waals surface area (Å²) < 4.78 is 4.73. The molecule has 1 aliphatic rings. The van der Waals surface area contributed by atoms with Crippen LogP contribution in [-0.2, 0) is 14.3 Å². The van der Waals surface area contributed by atoms with E-state index in [0.717, 1.165) is 11.1 Å². The summed E-state index contributed by atoms with van der Waals surface area (Å²) in [5.74, 6) is 8.22. The van der Waals surface area contributed by atoms with Crippen LogP contribution in [0.15, 0.2) is 24.3 Å². The molecular formula is C18H17NO3. The molecule has 0 aromatic heterocycles. The predicted octanol–water partition coefficient (Wildman–Crippen LogP) is 1.57. The van der Waals surface area contributed by atoms with Gasteiger partial charge in [0.05, 0.1) is 7.11 Å². The first kappa shape index (κ1) is 15.7. The smallest absolute Gasteiger partial charge is 0.328 e. The van der Waals surface area contributed by atoms with Gasteiger partial charge in [0.1, 0.15) is 6.04 Å². The molecule has 1 aromatic rings. The topological polar surface area (TPSA) is 46.6 Å². The van der Waals surface area contributed by atoms with Crippen molar-refractivity contribution < 1.29 is 14.3 Å². The molecular weight excluding hydrogens is 278 g/mol. The van der Waals surface area contributed by atoms with Crippen LogP contribution in [0.1, 0.15) is 30.4 Å². The molecule has 0 saturated carbocycles. The van der Waals surface area contributed by atoms with E-state index in [0.29, 0.717) is 25.8 Å². The summed E-state index contributed by atoms with van der Waals surface area (Å²) in [7, 11) is 1.33. The number of carbonyl (C=O) groups excluding carboxylic acids is 2. The first-order chi connectivity index (χ1) is 10.7.